The molecule has 3 aromatic carbocycles. The second-order valence-electron chi connectivity index (χ2n) is 6.49. The lowest BCUT2D eigenvalue weighted by molar-refractivity contribution is 0.306. The standard InChI is InChI=1S/C24H20O5/c1-26-21-11-9-17(13-23(21)27-2)20-12-18-8-10-19(14-22(18)29-24(20)25)28-15-16-6-4-3-5-7-16/h3-14H,15H2,1-2H3. The summed E-state index contributed by atoms with van der Waals surface area (Å²) in [6.45, 7) is 0.445. The van der Waals surface area contributed by atoms with Crippen LogP contribution in [0.2, 0.25) is 0 Å². The normalized spacial score (nSPS) is 10.7. The van der Waals surface area contributed by atoms with E-state index in [1.807, 2.05) is 48.5 Å². The molecule has 29 heavy (non-hydrogen) atoms. The summed E-state index contributed by atoms with van der Waals surface area (Å²) in [4.78, 5) is 12.6. The first-order chi connectivity index (χ1) is 14.2. The fourth-order valence-electron chi connectivity index (χ4n) is 3.13. The van der Waals surface area contributed by atoms with Gasteiger partial charge in [-0.2, -0.15) is 0 Å². The molecule has 0 unspecified atom stereocenters. The minimum Gasteiger partial charge on any atom is -0.493 e. The predicted molar refractivity (Wildman–Crippen MR) is 112 cm³/mol. The molecule has 0 aliphatic heterocycles. The van der Waals surface area contributed by atoms with Gasteiger partial charge in [0.25, 0.3) is 0 Å². The Morgan fingerprint density at radius 2 is 1.62 bits per heavy atom. The first kappa shape index (κ1) is 18.6. The topological polar surface area (TPSA) is 57.9 Å². The van der Waals surface area contributed by atoms with Crippen LogP contribution in [0.25, 0.3) is 22.1 Å². The Balaban J connectivity index is 1.65. The van der Waals surface area contributed by atoms with Crippen LogP contribution < -0.4 is 19.8 Å². The highest BCUT2D eigenvalue weighted by molar-refractivity contribution is 5.83. The van der Waals surface area contributed by atoms with Gasteiger partial charge in [-0.15, -0.1) is 0 Å². The van der Waals surface area contributed by atoms with E-state index >= 15 is 0 Å². The van der Waals surface area contributed by atoms with Gasteiger partial charge in [0.15, 0.2) is 11.5 Å². The molecule has 0 aliphatic carbocycles. The van der Waals surface area contributed by atoms with Gasteiger partial charge in [-0.05, 0) is 41.5 Å². The molecule has 1 aromatic heterocycles. The molecule has 0 amide bonds. The lowest BCUT2D eigenvalue weighted by Crippen LogP contribution is -2.03. The Morgan fingerprint density at radius 3 is 2.38 bits per heavy atom. The van der Waals surface area contributed by atoms with E-state index in [0.717, 1.165) is 10.9 Å². The van der Waals surface area contributed by atoms with Crippen molar-refractivity contribution in [3.63, 3.8) is 0 Å². The number of methoxy groups -OCH3 is 2. The van der Waals surface area contributed by atoms with Crippen molar-refractivity contribution in [3.05, 3.63) is 88.8 Å². The van der Waals surface area contributed by atoms with Gasteiger partial charge in [0.05, 0.1) is 19.8 Å². The summed E-state index contributed by atoms with van der Waals surface area (Å²) in [6.07, 6.45) is 0. The maximum absolute atomic E-state index is 12.6. The van der Waals surface area contributed by atoms with Crippen molar-refractivity contribution < 1.29 is 18.6 Å². The zero-order valence-electron chi connectivity index (χ0n) is 16.2. The van der Waals surface area contributed by atoms with E-state index in [-0.39, 0.29) is 0 Å². The molecular formula is C24H20O5. The Bertz CT molecular complexity index is 1200. The molecule has 4 aromatic rings. The monoisotopic (exact) mass is 388 g/mol. The third kappa shape index (κ3) is 3.94. The molecule has 0 fully saturated rings. The van der Waals surface area contributed by atoms with Crippen molar-refractivity contribution in [3.8, 4) is 28.4 Å². The van der Waals surface area contributed by atoms with Crippen LogP contribution in [0.4, 0.5) is 0 Å². The maximum Gasteiger partial charge on any atom is 0.344 e. The average molecular weight is 388 g/mol. The summed E-state index contributed by atoms with van der Waals surface area (Å²) in [5, 5.41) is 0.807. The zero-order chi connectivity index (χ0) is 20.2. The molecule has 0 bridgehead atoms. The van der Waals surface area contributed by atoms with Crippen LogP contribution in [-0.2, 0) is 6.61 Å². The average Bonchev–Trinajstić information content (AvgIpc) is 2.77. The molecule has 4 rings (SSSR count). The van der Waals surface area contributed by atoms with Gasteiger partial charge in [-0.1, -0.05) is 36.4 Å². The molecule has 0 spiro atoms. The largest absolute Gasteiger partial charge is 0.493 e. The van der Waals surface area contributed by atoms with E-state index in [0.29, 0.717) is 40.6 Å². The van der Waals surface area contributed by atoms with Crippen molar-refractivity contribution in [1.29, 1.82) is 0 Å². The molecule has 1 heterocycles. The second-order valence-corrected chi connectivity index (χ2v) is 6.49. The quantitative estimate of drug-likeness (QED) is 0.432. The summed E-state index contributed by atoms with van der Waals surface area (Å²) in [6, 6.07) is 22.5. The number of ether oxygens (including phenoxy) is 3. The van der Waals surface area contributed by atoms with Crippen molar-refractivity contribution in [2.24, 2.45) is 0 Å². The molecule has 0 N–H and O–H groups in total. The highest BCUT2D eigenvalue weighted by Gasteiger charge is 2.12. The maximum atomic E-state index is 12.6. The third-order valence-electron chi connectivity index (χ3n) is 4.65. The van der Waals surface area contributed by atoms with E-state index in [4.69, 9.17) is 18.6 Å². The van der Waals surface area contributed by atoms with Gasteiger partial charge in [0.2, 0.25) is 0 Å². The molecule has 146 valence electrons. The number of fused-ring (bicyclic) bond motifs is 1. The Kier molecular flexibility index (Phi) is 5.20. The van der Waals surface area contributed by atoms with Gasteiger partial charge in [0, 0.05) is 11.5 Å². The fraction of sp³-hybridized carbons (Fsp3) is 0.125. The summed E-state index contributed by atoms with van der Waals surface area (Å²) in [7, 11) is 3.13. The minimum absolute atomic E-state index is 0.426. The van der Waals surface area contributed by atoms with Crippen LogP contribution in [0.5, 0.6) is 17.2 Å². The van der Waals surface area contributed by atoms with Crippen molar-refractivity contribution in [1.82, 2.24) is 0 Å². The van der Waals surface area contributed by atoms with Crippen LogP contribution in [0.1, 0.15) is 5.56 Å². The smallest absolute Gasteiger partial charge is 0.344 e. The molecule has 0 saturated heterocycles. The van der Waals surface area contributed by atoms with Gasteiger partial charge in [-0.25, -0.2) is 4.79 Å². The molecular weight excluding hydrogens is 368 g/mol. The Hall–Kier alpha value is -3.73. The summed E-state index contributed by atoms with van der Waals surface area (Å²) in [5.74, 6) is 1.79. The van der Waals surface area contributed by atoms with E-state index < -0.39 is 5.63 Å². The number of hydrogen-bond donors (Lipinski definition) is 0. The van der Waals surface area contributed by atoms with Gasteiger partial charge in [0.1, 0.15) is 17.9 Å². The van der Waals surface area contributed by atoms with E-state index in [9.17, 15) is 4.79 Å². The molecule has 0 atom stereocenters. The van der Waals surface area contributed by atoms with Crippen molar-refractivity contribution in [2.75, 3.05) is 14.2 Å². The molecule has 5 nitrogen and oxygen atoms in total. The second kappa shape index (κ2) is 8.10. The SMILES string of the molecule is COc1ccc(-c2cc3ccc(OCc4ccccc4)cc3oc2=O)cc1OC. The number of benzene rings is 3. The van der Waals surface area contributed by atoms with Gasteiger partial charge in [-0.3, -0.25) is 0 Å². The van der Waals surface area contributed by atoms with Crippen molar-refractivity contribution >= 4 is 11.0 Å². The molecule has 0 saturated carbocycles. The van der Waals surface area contributed by atoms with E-state index in [2.05, 4.69) is 0 Å². The minimum atomic E-state index is -0.426. The molecule has 0 aliphatic rings. The zero-order valence-corrected chi connectivity index (χ0v) is 16.2. The molecule has 0 radical (unpaired) electrons. The Morgan fingerprint density at radius 1 is 0.828 bits per heavy atom. The van der Waals surface area contributed by atoms with Crippen LogP contribution in [0.3, 0.4) is 0 Å². The van der Waals surface area contributed by atoms with Gasteiger partial charge >= 0.3 is 5.63 Å². The summed E-state index contributed by atoms with van der Waals surface area (Å²) < 4.78 is 22.0. The highest BCUT2D eigenvalue weighted by atomic mass is 16.5. The number of rotatable bonds is 6. The predicted octanol–water partition coefficient (Wildman–Crippen LogP) is 5.06. The van der Waals surface area contributed by atoms with Gasteiger partial charge < -0.3 is 18.6 Å². The first-order valence-corrected chi connectivity index (χ1v) is 9.15. The fourth-order valence-corrected chi connectivity index (χ4v) is 3.13. The molecule has 5 heteroatoms. The first-order valence-electron chi connectivity index (χ1n) is 9.15. The lowest BCUT2D eigenvalue weighted by atomic mass is 10.1. The van der Waals surface area contributed by atoms with E-state index in [1.165, 1.54) is 0 Å². The summed E-state index contributed by atoms with van der Waals surface area (Å²) >= 11 is 0. The Labute approximate surface area is 168 Å². The van der Waals surface area contributed by atoms with Crippen LogP contribution in [-0.4, -0.2) is 14.2 Å². The van der Waals surface area contributed by atoms with Crippen LogP contribution in [0, 0.1) is 0 Å². The number of hydrogen-bond acceptors (Lipinski definition) is 5. The van der Waals surface area contributed by atoms with Crippen molar-refractivity contribution in [2.45, 2.75) is 6.61 Å². The van der Waals surface area contributed by atoms with Crippen LogP contribution in [0.15, 0.2) is 82.0 Å². The third-order valence-corrected chi connectivity index (χ3v) is 4.65. The highest BCUT2D eigenvalue weighted by Crippen LogP contribution is 2.32. The summed E-state index contributed by atoms with van der Waals surface area (Å²) in [5.41, 5.74) is 2.27. The lowest BCUT2D eigenvalue weighted by Gasteiger charge is -2.10. The van der Waals surface area contributed by atoms with Crippen LogP contribution >= 0.6 is 0 Å². The van der Waals surface area contributed by atoms with E-state index in [1.54, 1.807) is 38.5 Å².